The van der Waals surface area contributed by atoms with Crippen LogP contribution in [0.1, 0.15) is 25.1 Å². The third-order valence-corrected chi connectivity index (χ3v) is 3.65. The summed E-state index contributed by atoms with van der Waals surface area (Å²) in [5.74, 6) is 2.13. The number of anilines is 1. The quantitative estimate of drug-likeness (QED) is 0.903. The largest absolute Gasteiger partial charge is 0.496 e. The molecule has 0 fully saturated rings. The van der Waals surface area contributed by atoms with Gasteiger partial charge in [0.25, 0.3) is 0 Å². The average Bonchev–Trinajstić information content (AvgIpc) is 2.47. The Morgan fingerprint density at radius 2 is 2.00 bits per heavy atom. The van der Waals surface area contributed by atoms with Crippen LogP contribution in [0.15, 0.2) is 18.2 Å². The second-order valence-electron chi connectivity index (χ2n) is 4.66. The second kappa shape index (κ2) is 6.76. The van der Waals surface area contributed by atoms with Crippen LogP contribution in [-0.2, 0) is 6.42 Å². The molecule has 0 saturated heterocycles. The minimum Gasteiger partial charge on any atom is -0.496 e. The molecule has 21 heavy (non-hydrogen) atoms. The summed E-state index contributed by atoms with van der Waals surface area (Å²) < 4.78 is 5.39. The first-order valence-corrected chi connectivity index (χ1v) is 7.44. The monoisotopic (exact) mass is 305 g/mol. The lowest BCUT2D eigenvalue weighted by Crippen LogP contribution is -2.08. The molecule has 1 N–H and O–H groups in total. The van der Waals surface area contributed by atoms with Crippen molar-refractivity contribution in [1.82, 2.24) is 9.97 Å². The Morgan fingerprint density at radius 3 is 2.62 bits per heavy atom. The Kier molecular flexibility index (Phi) is 5.02. The molecular formula is C16H20ClN3O. The van der Waals surface area contributed by atoms with E-state index < -0.39 is 0 Å². The second-order valence-corrected chi connectivity index (χ2v) is 5.07. The van der Waals surface area contributed by atoms with E-state index in [1.807, 2.05) is 32.0 Å². The van der Waals surface area contributed by atoms with Crippen LogP contribution in [0.3, 0.4) is 0 Å². The molecule has 0 atom stereocenters. The van der Waals surface area contributed by atoms with E-state index in [-0.39, 0.29) is 0 Å². The lowest BCUT2D eigenvalue weighted by molar-refractivity contribution is 0.416. The van der Waals surface area contributed by atoms with Gasteiger partial charge in [-0.1, -0.05) is 24.6 Å². The summed E-state index contributed by atoms with van der Waals surface area (Å²) in [5, 5.41) is 3.88. The van der Waals surface area contributed by atoms with Crippen LogP contribution >= 0.6 is 11.6 Å². The number of benzene rings is 1. The van der Waals surface area contributed by atoms with Gasteiger partial charge in [0.1, 0.15) is 11.6 Å². The molecule has 0 amide bonds. The zero-order valence-corrected chi connectivity index (χ0v) is 13.6. The molecular weight excluding hydrogens is 286 g/mol. The highest BCUT2D eigenvalue weighted by molar-refractivity contribution is 6.33. The lowest BCUT2D eigenvalue weighted by atomic mass is 10.1. The summed E-state index contributed by atoms with van der Waals surface area (Å²) in [6.45, 7) is 6.95. The molecule has 1 aromatic heterocycles. The smallest absolute Gasteiger partial charge is 0.167 e. The third kappa shape index (κ3) is 3.10. The first-order valence-electron chi connectivity index (χ1n) is 7.06. The van der Waals surface area contributed by atoms with Crippen LogP contribution in [-0.4, -0.2) is 23.6 Å². The van der Waals surface area contributed by atoms with Gasteiger partial charge in [-0.2, -0.15) is 0 Å². The SMILES string of the molecule is CCNc1nc(-c2c(Cl)cccc2OC)nc(C)c1CC. The van der Waals surface area contributed by atoms with Gasteiger partial charge in [0, 0.05) is 17.8 Å². The number of rotatable bonds is 5. The molecule has 0 aliphatic rings. The Hall–Kier alpha value is -1.81. The number of hydrogen-bond donors (Lipinski definition) is 1. The number of halogens is 1. The van der Waals surface area contributed by atoms with Crippen molar-refractivity contribution in [3.05, 3.63) is 34.5 Å². The molecule has 0 unspecified atom stereocenters. The summed E-state index contributed by atoms with van der Waals surface area (Å²) in [6.07, 6.45) is 0.883. The molecule has 0 bridgehead atoms. The van der Waals surface area contributed by atoms with Gasteiger partial charge in [-0.05, 0) is 32.4 Å². The average molecular weight is 306 g/mol. The topological polar surface area (TPSA) is 47.0 Å². The highest BCUT2D eigenvalue weighted by Gasteiger charge is 2.17. The van der Waals surface area contributed by atoms with Gasteiger partial charge in [-0.15, -0.1) is 0 Å². The molecule has 0 radical (unpaired) electrons. The maximum atomic E-state index is 6.32. The van der Waals surface area contributed by atoms with Crippen molar-refractivity contribution in [2.24, 2.45) is 0 Å². The summed E-state index contributed by atoms with van der Waals surface area (Å²) in [4.78, 5) is 9.26. The van der Waals surface area contributed by atoms with Gasteiger partial charge in [-0.3, -0.25) is 0 Å². The molecule has 0 saturated carbocycles. The Balaban J connectivity index is 2.65. The van der Waals surface area contributed by atoms with Crippen molar-refractivity contribution in [2.75, 3.05) is 19.0 Å². The highest BCUT2D eigenvalue weighted by atomic mass is 35.5. The van der Waals surface area contributed by atoms with Crippen LogP contribution in [0.5, 0.6) is 5.75 Å². The lowest BCUT2D eigenvalue weighted by Gasteiger charge is -2.15. The number of hydrogen-bond acceptors (Lipinski definition) is 4. The molecule has 1 aromatic carbocycles. The van der Waals surface area contributed by atoms with E-state index >= 15 is 0 Å². The summed E-state index contributed by atoms with van der Waals surface area (Å²) in [5.41, 5.74) is 2.82. The summed E-state index contributed by atoms with van der Waals surface area (Å²) >= 11 is 6.32. The molecule has 0 aliphatic carbocycles. The molecule has 4 nitrogen and oxygen atoms in total. The van der Waals surface area contributed by atoms with E-state index in [1.165, 1.54) is 0 Å². The minimum atomic E-state index is 0.584. The van der Waals surface area contributed by atoms with Crippen molar-refractivity contribution < 1.29 is 4.74 Å². The Bertz CT molecular complexity index is 644. The van der Waals surface area contributed by atoms with E-state index in [0.717, 1.165) is 35.6 Å². The first-order chi connectivity index (χ1) is 10.1. The maximum absolute atomic E-state index is 6.32. The molecule has 5 heteroatoms. The molecule has 112 valence electrons. The molecule has 0 spiro atoms. The van der Waals surface area contributed by atoms with Crippen molar-refractivity contribution in [1.29, 1.82) is 0 Å². The molecule has 2 aromatic rings. The summed E-state index contributed by atoms with van der Waals surface area (Å²) in [6, 6.07) is 5.53. The highest BCUT2D eigenvalue weighted by Crippen LogP contribution is 2.35. The number of methoxy groups -OCH3 is 1. The number of nitrogens with one attached hydrogen (secondary N) is 1. The van der Waals surface area contributed by atoms with Gasteiger partial charge >= 0.3 is 0 Å². The van der Waals surface area contributed by atoms with Crippen molar-refractivity contribution in [3.8, 4) is 17.1 Å². The Labute approximate surface area is 130 Å². The minimum absolute atomic E-state index is 0.584. The van der Waals surface area contributed by atoms with E-state index in [2.05, 4.69) is 22.2 Å². The van der Waals surface area contributed by atoms with E-state index in [4.69, 9.17) is 16.3 Å². The van der Waals surface area contributed by atoms with E-state index in [9.17, 15) is 0 Å². The fourth-order valence-electron chi connectivity index (χ4n) is 2.34. The van der Waals surface area contributed by atoms with Crippen molar-refractivity contribution >= 4 is 17.4 Å². The molecule has 2 rings (SSSR count). The van der Waals surface area contributed by atoms with E-state index in [0.29, 0.717) is 16.6 Å². The predicted molar refractivity (Wildman–Crippen MR) is 87.3 cm³/mol. The van der Waals surface area contributed by atoms with Crippen LogP contribution in [0.4, 0.5) is 5.82 Å². The first kappa shape index (κ1) is 15.6. The van der Waals surface area contributed by atoms with Crippen molar-refractivity contribution in [3.63, 3.8) is 0 Å². The normalized spacial score (nSPS) is 10.5. The van der Waals surface area contributed by atoms with Crippen LogP contribution in [0.2, 0.25) is 5.02 Å². The van der Waals surface area contributed by atoms with Gasteiger partial charge in [0.05, 0.1) is 17.7 Å². The van der Waals surface area contributed by atoms with Gasteiger partial charge < -0.3 is 10.1 Å². The fraction of sp³-hybridized carbons (Fsp3) is 0.375. The van der Waals surface area contributed by atoms with Crippen LogP contribution < -0.4 is 10.1 Å². The number of nitrogens with zero attached hydrogens (tertiary/aromatic N) is 2. The van der Waals surface area contributed by atoms with Gasteiger partial charge in [0.2, 0.25) is 0 Å². The van der Waals surface area contributed by atoms with E-state index in [1.54, 1.807) is 7.11 Å². The fourth-order valence-corrected chi connectivity index (χ4v) is 2.59. The molecule has 1 heterocycles. The zero-order chi connectivity index (χ0) is 15.4. The zero-order valence-electron chi connectivity index (χ0n) is 12.8. The number of aromatic nitrogens is 2. The third-order valence-electron chi connectivity index (χ3n) is 3.33. The predicted octanol–water partition coefficient (Wildman–Crippen LogP) is 4.11. The van der Waals surface area contributed by atoms with Crippen molar-refractivity contribution in [2.45, 2.75) is 27.2 Å². The maximum Gasteiger partial charge on any atom is 0.167 e. The van der Waals surface area contributed by atoms with Crippen LogP contribution in [0.25, 0.3) is 11.4 Å². The summed E-state index contributed by atoms with van der Waals surface area (Å²) in [7, 11) is 1.62. The Morgan fingerprint density at radius 1 is 1.24 bits per heavy atom. The van der Waals surface area contributed by atoms with Gasteiger partial charge in [-0.25, -0.2) is 9.97 Å². The van der Waals surface area contributed by atoms with Gasteiger partial charge in [0.15, 0.2) is 5.82 Å². The molecule has 0 aliphatic heterocycles. The van der Waals surface area contributed by atoms with Crippen LogP contribution in [0, 0.1) is 6.92 Å². The standard InChI is InChI=1S/C16H20ClN3O/c1-5-11-10(3)19-16(20-15(11)18-6-2)14-12(17)8-7-9-13(14)21-4/h7-9H,5-6H2,1-4H3,(H,18,19,20). The number of aryl methyl sites for hydroxylation is 1. The number of ether oxygens (including phenoxy) is 1.